The van der Waals surface area contributed by atoms with Crippen LogP contribution in [0, 0.1) is 0 Å². The van der Waals surface area contributed by atoms with E-state index in [1.807, 2.05) is 6.92 Å². The molecule has 2 atom stereocenters. The summed E-state index contributed by atoms with van der Waals surface area (Å²) in [6.45, 7) is 4.56. The van der Waals surface area contributed by atoms with Gasteiger partial charge in [-0.3, -0.25) is 0 Å². The van der Waals surface area contributed by atoms with Crippen LogP contribution in [-0.2, 0) is 9.47 Å². The van der Waals surface area contributed by atoms with Gasteiger partial charge in [0.15, 0.2) is 0 Å². The van der Waals surface area contributed by atoms with Crippen molar-refractivity contribution < 1.29 is 19.0 Å². The van der Waals surface area contributed by atoms with Crippen LogP contribution in [0.4, 0.5) is 5.69 Å². The van der Waals surface area contributed by atoms with Crippen molar-refractivity contribution >= 4 is 11.7 Å². The Labute approximate surface area is 119 Å². The first kappa shape index (κ1) is 14.7. The predicted octanol–water partition coefficient (Wildman–Crippen LogP) is 2.39. The molecular formula is C15H21NO4. The molecule has 5 nitrogen and oxygen atoms in total. The van der Waals surface area contributed by atoms with Crippen molar-refractivity contribution in [1.29, 1.82) is 0 Å². The molecule has 2 rings (SSSR count). The molecule has 1 fully saturated rings. The number of hydrogen-bond acceptors (Lipinski definition) is 5. The maximum Gasteiger partial charge on any atom is 0.341 e. The van der Waals surface area contributed by atoms with E-state index in [-0.39, 0.29) is 12.2 Å². The SMILES string of the molecule is CCOC(=O)c1ccc(N)cc1OCC1CCC(C)O1. The highest BCUT2D eigenvalue weighted by molar-refractivity contribution is 5.93. The first-order valence-electron chi connectivity index (χ1n) is 6.95. The van der Waals surface area contributed by atoms with E-state index in [9.17, 15) is 4.79 Å². The minimum absolute atomic E-state index is 0.0708. The summed E-state index contributed by atoms with van der Waals surface area (Å²) in [5.41, 5.74) is 6.69. The molecule has 1 heterocycles. The van der Waals surface area contributed by atoms with Gasteiger partial charge in [-0.05, 0) is 38.8 Å². The summed E-state index contributed by atoms with van der Waals surface area (Å²) < 4.78 is 16.4. The Kier molecular flexibility index (Phi) is 4.84. The second-order valence-corrected chi connectivity index (χ2v) is 4.93. The van der Waals surface area contributed by atoms with Crippen LogP contribution in [0.5, 0.6) is 5.75 Å². The average molecular weight is 279 g/mol. The van der Waals surface area contributed by atoms with Crippen LogP contribution in [-0.4, -0.2) is 31.4 Å². The predicted molar refractivity (Wildman–Crippen MR) is 75.9 cm³/mol. The number of carbonyl (C=O) groups excluding carboxylic acids is 1. The Hall–Kier alpha value is -1.75. The third kappa shape index (κ3) is 3.63. The zero-order chi connectivity index (χ0) is 14.5. The Morgan fingerprint density at radius 2 is 2.25 bits per heavy atom. The Bertz CT molecular complexity index is 475. The smallest absolute Gasteiger partial charge is 0.341 e. The zero-order valence-electron chi connectivity index (χ0n) is 11.9. The van der Waals surface area contributed by atoms with Crippen LogP contribution in [0.15, 0.2) is 18.2 Å². The quantitative estimate of drug-likeness (QED) is 0.662. The summed E-state index contributed by atoms with van der Waals surface area (Å²) >= 11 is 0. The lowest BCUT2D eigenvalue weighted by Crippen LogP contribution is -2.19. The fourth-order valence-corrected chi connectivity index (χ4v) is 2.23. The zero-order valence-corrected chi connectivity index (χ0v) is 11.9. The topological polar surface area (TPSA) is 70.8 Å². The van der Waals surface area contributed by atoms with Gasteiger partial charge in [-0.15, -0.1) is 0 Å². The van der Waals surface area contributed by atoms with E-state index in [1.54, 1.807) is 25.1 Å². The summed E-state index contributed by atoms with van der Waals surface area (Å²) in [7, 11) is 0. The van der Waals surface area contributed by atoms with Crippen molar-refractivity contribution in [3.8, 4) is 5.75 Å². The van der Waals surface area contributed by atoms with Crippen LogP contribution < -0.4 is 10.5 Å². The second kappa shape index (κ2) is 6.61. The first-order chi connectivity index (χ1) is 9.60. The van der Waals surface area contributed by atoms with Gasteiger partial charge in [0.05, 0.1) is 18.8 Å². The van der Waals surface area contributed by atoms with E-state index in [1.165, 1.54) is 0 Å². The number of rotatable bonds is 5. The van der Waals surface area contributed by atoms with Gasteiger partial charge in [0.25, 0.3) is 0 Å². The van der Waals surface area contributed by atoms with Gasteiger partial charge >= 0.3 is 5.97 Å². The van der Waals surface area contributed by atoms with Gasteiger partial charge in [0, 0.05) is 11.8 Å². The van der Waals surface area contributed by atoms with Crippen LogP contribution in [0.2, 0.25) is 0 Å². The number of ether oxygens (including phenoxy) is 3. The fraction of sp³-hybridized carbons (Fsp3) is 0.533. The molecule has 1 aromatic carbocycles. The van der Waals surface area contributed by atoms with Crippen molar-refractivity contribution in [1.82, 2.24) is 0 Å². The lowest BCUT2D eigenvalue weighted by atomic mass is 10.2. The van der Waals surface area contributed by atoms with Crippen molar-refractivity contribution in [2.45, 2.75) is 38.9 Å². The highest BCUT2D eigenvalue weighted by Gasteiger charge is 2.23. The number of benzene rings is 1. The molecule has 0 amide bonds. The molecule has 1 saturated heterocycles. The molecule has 1 aliphatic heterocycles. The van der Waals surface area contributed by atoms with Gasteiger partial charge in [0.2, 0.25) is 0 Å². The van der Waals surface area contributed by atoms with E-state index < -0.39 is 5.97 Å². The maximum absolute atomic E-state index is 11.9. The van der Waals surface area contributed by atoms with Gasteiger partial charge in [-0.1, -0.05) is 0 Å². The molecule has 1 aromatic rings. The molecule has 20 heavy (non-hydrogen) atoms. The third-order valence-corrected chi connectivity index (χ3v) is 3.25. The standard InChI is InChI=1S/C15H21NO4/c1-3-18-15(17)13-7-5-11(16)8-14(13)19-9-12-6-4-10(2)20-12/h5,7-8,10,12H,3-4,6,9,16H2,1-2H3. The molecule has 0 bridgehead atoms. The average Bonchev–Trinajstić information content (AvgIpc) is 2.82. The normalized spacial score (nSPS) is 21.7. The minimum atomic E-state index is -0.400. The Morgan fingerprint density at radius 3 is 2.90 bits per heavy atom. The van der Waals surface area contributed by atoms with E-state index in [2.05, 4.69) is 0 Å². The summed E-state index contributed by atoms with van der Waals surface area (Å²) in [5, 5.41) is 0. The van der Waals surface area contributed by atoms with Gasteiger partial charge < -0.3 is 19.9 Å². The Morgan fingerprint density at radius 1 is 1.45 bits per heavy atom. The summed E-state index contributed by atoms with van der Waals surface area (Å²) in [5.74, 6) is 0.0508. The monoisotopic (exact) mass is 279 g/mol. The van der Waals surface area contributed by atoms with Crippen LogP contribution in [0.3, 0.4) is 0 Å². The van der Waals surface area contributed by atoms with E-state index in [0.717, 1.165) is 12.8 Å². The molecule has 0 aromatic heterocycles. The van der Waals surface area contributed by atoms with Crippen LogP contribution in [0.25, 0.3) is 0 Å². The number of esters is 1. The van der Waals surface area contributed by atoms with E-state index >= 15 is 0 Å². The number of hydrogen-bond donors (Lipinski definition) is 1. The summed E-state index contributed by atoms with van der Waals surface area (Å²) in [4.78, 5) is 11.9. The third-order valence-electron chi connectivity index (χ3n) is 3.25. The van der Waals surface area contributed by atoms with Crippen molar-refractivity contribution in [2.24, 2.45) is 0 Å². The van der Waals surface area contributed by atoms with Crippen molar-refractivity contribution in [2.75, 3.05) is 18.9 Å². The minimum Gasteiger partial charge on any atom is -0.490 e. The molecular weight excluding hydrogens is 258 g/mol. The number of nitrogen functional groups attached to an aromatic ring is 1. The molecule has 2 unspecified atom stereocenters. The first-order valence-corrected chi connectivity index (χ1v) is 6.95. The van der Waals surface area contributed by atoms with Crippen LogP contribution in [0.1, 0.15) is 37.0 Å². The molecule has 5 heteroatoms. The van der Waals surface area contributed by atoms with Crippen molar-refractivity contribution in [3.05, 3.63) is 23.8 Å². The number of nitrogens with two attached hydrogens (primary N) is 1. The summed E-state index contributed by atoms with van der Waals surface area (Å²) in [6.07, 6.45) is 2.35. The Balaban J connectivity index is 2.05. The van der Waals surface area contributed by atoms with Gasteiger partial charge in [-0.2, -0.15) is 0 Å². The molecule has 0 radical (unpaired) electrons. The molecule has 0 saturated carbocycles. The maximum atomic E-state index is 11.9. The molecule has 1 aliphatic rings. The van der Waals surface area contributed by atoms with E-state index in [0.29, 0.717) is 30.2 Å². The largest absolute Gasteiger partial charge is 0.490 e. The highest BCUT2D eigenvalue weighted by Crippen LogP contribution is 2.25. The van der Waals surface area contributed by atoms with Crippen molar-refractivity contribution in [3.63, 3.8) is 0 Å². The van der Waals surface area contributed by atoms with Crippen LogP contribution >= 0.6 is 0 Å². The number of anilines is 1. The second-order valence-electron chi connectivity index (χ2n) is 4.93. The fourth-order valence-electron chi connectivity index (χ4n) is 2.23. The molecule has 0 spiro atoms. The molecule has 110 valence electrons. The van der Waals surface area contributed by atoms with E-state index in [4.69, 9.17) is 19.9 Å². The van der Waals surface area contributed by atoms with Gasteiger partial charge in [0.1, 0.15) is 17.9 Å². The highest BCUT2D eigenvalue weighted by atomic mass is 16.5. The molecule has 0 aliphatic carbocycles. The lowest BCUT2D eigenvalue weighted by Gasteiger charge is -2.15. The van der Waals surface area contributed by atoms with Gasteiger partial charge in [-0.25, -0.2) is 4.79 Å². The number of carbonyl (C=O) groups is 1. The molecule has 2 N–H and O–H groups in total. The lowest BCUT2D eigenvalue weighted by molar-refractivity contribution is 0.0255. The summed E-state index contributed by atoms with van der Waals surface area (Å²) in [6, 6.07) is 4.93.